The van der Waals surface area contributed by atoms with Crippen LogP contribution in [0.1, 0.15) is 46.0 Å². The van der Waals surface area contributed by atoms with Gasteiger partial charge in [-0.3, -0.25) is 19.2 Å². The van der Waals surface area contributed by atoms with E-state index in [1.807, 2.05) is 13.8 Å². The molecule has 0 aromatic heterocycles. The van der Waals surface area contributed by atoms with Crippen LogP contribution in [0.15, 0.2) is 0 Å². The van der Waals surface area contributed by atoms with Crippen molar-refractivity contribution in [2.24, 2.45) is 28.3 Å². The average Bonchev–Trinajstić information content (AvgIpc) is 2.28. The summed E-state index contributed by atoms with van der Waals surface area (Å²) in [5.74, 6) is -2.74. The lowest BCUT2D eigenvalue weighted by atomic mass is 9.86. The molecule has 0 unspecified atom stereocenters. The van der Waals surface area contributed by atoms with E-state index in [1.165, 1.54) is 0 Å². The van der Waals surface area contributed by atoms with Gasteiger partial charge in [-0.2, -0.15) is 0 Å². The molecule has 0 saturated heterocycles. The predicted molar refractivity (Wildman–Crippen MR) is 73.6 cm³/mol. The molecule has 0 aromatic rings. The molecular weight excluding hydrogens is 264 g/mol. The fourth-order valence-electron chi connectivity index (χ4n) is 1.17. The van der Waals surface area contributed by atoms with E-state index in [0.717, 1.165) is 25.7 Å². The van der Waals surface area contributed by atoms with Crippen molar-refractivity contribution in [1.29, 1.82) is 0 Å². The fraction of sp³-hybridized carbons (Fsp3) is 0.667. The van der Waals surface area contributed by atoms with Crippen molar-refractivity contribution in [3.8, 4) is 0 Å². The molecule has 0 rings (SSSR count). The third-order valence-corrected chi connectivity index (χ3v) is 2.63. The van der Waals surface area contributed by atoms with Gasteiger partial charge >= 0.3 is 11.8 Å². The lowest BCUT2D eigenvalue weighted by Gasteiger charge is -2.19. The topological polar surface area (TPSA) is 172 Å². The van der Waals surface area contributed by atoms with E-state index in [4.69, 9.17) is 11.5 Å². The van der Waals surface area contributed by atoms with Crippen molar-refractivity contribution in [2.45, 2.75) is 46.0 Å². The molecule has 0 aliphatic carbocycles. The molecule has 8 nitrogen and oxygen atoms in total. The summed E-state index contributed by atoms with van der Waals surface area (Å²) in [6, 6.07) is 0. The zero-order valence-corrected chi connectivity index (χ0v) is 12.0. The monoisotopic (exact) mass is 288 g/mol. The molecule has 0 bridgehead atoms. The second kappa shape index (κ2) is 9.76. The number of hydrogen-bond donors (Lipinski definition) is 4. The highest BCUT2D eigenvalue weighted by molar-refractivity contribution is 6.33. The molecule has 0 aromatic carbocycles. The van der Waals surface area contributed by atoms with Crippen molar-refractivity contribution in [3.05, 3.63) is 0 Å². The van der Waals surface area contributed by atoms with Crippen LogP contribution in [0.2, 0.25) is 0 Å². The first-order valence-electron chi connectivity index (χ1n) is 6.18. The number of primary amides is 4. The van der Waals surface area contributed by atoms with E-state index < -0.39 is 17.2 Å². The maximum Gasteiger partial charge on any atom is 0.306 e. The summed E-state index contributed by atoms with van der Waals surface area (Å²) in [7, 11) is 0. The Morgan fingerprint density at radius 1 is 0.800 bits per heavy atom. The minimum Gasteiger partial charge on any atom is -0.370 e. The molecule has 0 aliphatic rings. The van der Waals surface area contributed by atoms with Gasteiger partial charge in [-0.1, -0.05) is 26.7 Å². The van der Waals surface area contributed by atoms with Gasteiger partial charge in [0.1, 0.15) is 0 Å². The SMILES string of the molecule is CC(C)(CCCCCC(N)=O)C(N)=O.NC(=O)C(N)=O. The van der Waals surface area contributed by atoms with Crippen molar-refractivity contribution >= 4 is 23.6 Å². The van der Waals surface area contributed by atoms with Crippen molar-refractivity contribution in [3.63, 3.8) is 0 Å². The van der Waals surface area contributed by atoms with Crippen LogP contribution in [0.4, 0.5) is 0 Å². The Labute approximate surface area is 118 Å². The molecule has 0 fully saturated rings. The lowest BCUT2D eigenvalue weighted by Crippen LogP contribution is -2.31. The van der Waals surface area contributed by atoms with Gasteiger partial charge in [0, 0.05) is 11.8 Å². The number of unbranched alkanes of at least 4 members (excludes halogenated alkanes) is 2. The Morgan fingerprint density at radius 2 is 1.25 bits per heavy atom. The third kappa shape index (κ3) is 12.3. The summed E-state index contributed by atoms with van der Waals surface area (Å²) in [6.45, 7) is 3.67. The van der Waals surface area contributed by atoms with Gasteiger partial charge in [0.05, 0.1) is 0 Å². The third-order valence-electron chi connectivity index (χ3n) is 2.63. The first-order chi connectivity index (χ1) is 9.00. The molecule has 8 N–H and O–H groups in total. The molecule has 0 heterocycles. The van der Waals surface area contributed by atoms with Gasteiger partial charge in [0.2, 0.25) is 11.8 Å². The predicted octanol–water partition coefficient (Wildman–Crippen LogP) is -1.11. The zero-order valence-electron chi connectivity index (χ0n) is 12.0. The summed E-state index contributed by atoms with van der Waals surface area (Å²) in [4.78, 5) is 40.3. The minimum atomic E-state index is -1.10. The Balaban J connectivity index is 0. The Hall–Kier alpha value is -2.12. The van der Waals surface area contributed by atoms with E-state index >= 15 is 0 Å². The fourth-order valence-corrected chi connectivity index (χ4v) is 1.17. The average molecular weight is 288 g/mol. The smallest absolute Gasteiger partial charge is 0.306 e. The van der Waals surface area contributed by atoms with Crippen LogP contribution in [0.5, 0.6) is 0 Å². The molecular formula is C12H24N4O4. The van der Waals surface area contributed by atoms with Crippen LogP contribution in [0.3, 0.4) is 0 Å². The van der Waals surface area contributed by atoms with E-state index in [1.54, 1.807) is 0 Å². The Bertz CT molecular complexity index is 354. The van der Waals surface area contributed by atoms with Gasteiger partial charge in [-0.05, 0) is 12.8 Å². The van der Waals surface area contributed by atoms with Crippen LogP contribution in [-0.2, 0) is 19.2 Å². The van der Waals surface area contributed by atoms with Gasteiger partial charge in [0.25, 0.3) is 0 Å². The van der Waals surface area contributed by atoms with Gasteiger partial charge in [0.15, 0.2) is 0 Å². The maximum atomic E-state index is 10.9. The molecule has 0 aliphatic heterocycles. The van der Waals surface area contributed by atoms with E-state index in [2.05, 4.69) is 11.5 Å². The summed E-state index contributed by atoms with van der Waals surface area (Å²) >= 11 is 0. The molecule has 116 valence electrons. The normalized spacial score (nSPS) is 10.1. The highest BCUT2D eigenvalue weighted by atomic mass is 16.2. The largest absolute Gasteiger partial charge is 0.370 e. The van der Waals surface area contributed by atoms with Crippen LogP contribution in [-0.4, -0.2) is 23.6 Å². The highest BCUT2D eigenvalue weighted by Gasteiger charge is 2.23. The van der Waals surface area contributed by atoms with Crippen molar-refractivity contribution in [2.75, 3.05) is 0 Å². The van der Waals surface area contributed by atoms with E-state index in [9.17, 15) is 19.2 Å². The number of carbonyl (C=O) groups is 4. The molecule has 0 spiro atoms. The first-order valence-corrected chi connectivity index (χ1v) is 6.18. The van der Waals surface area contributed by atoms with E-state index in [-0.39, 0.29) is 11.8 Å². The summed E-state index contributed by atoms with van der Waals surface area (Å²) < 4.78 is 0. The van der Waals surface area contributed by atoms with Crippen LogP contribution in [0.25, 0.3) is 0 Å². The summed E-state index contributed by atoms with van der Waals surface area (Å²) in [6.07, 6.45) is 3.81. The maximum absolute atomic E-state index is 10.9. The highest BCUT2D eigenvalue weighted by Crippen LogP contribution is 2.22. The van der Waals surface area contributed by atoms with Crippen molar-refractivity contribution in [1.82, 2.24) is 0 Å². The Kier molecular flexibility index (Phi) is 9.86. The van der Waals surface area contributed by atoms with Gasteiger partial charge < -0.3 is 22.9 Å². The number of carbonyl (C=O) groups excluding carboxylic acids is 4. The van der Waals surface area contributed by atoms with Crippen LogP contribution in [0, 0.1) is 5.41 Å². The molecule has 8 heteroatoms. The number of nitrogens with two attached hydrogens (primary N) is 4. The molecule has 0 atom stereocenters. The Morgan fingerprint density at radius 3 is 1.55 bits per heavy atom. The zero-order chi connectivity index (χ0) is 16.3. The number of rotatable bonds is 7. The second-order valence-electron chi connectivity index (χ2n) is 5.00. The van der Waals surface area contributed by atoms with Gasteiger partial charge in [-0.15, -0.1) is 0 Å². The number of amides is 4. The summed E-state index contributed by atoms with van der Waals surface area (Å²) in [5, 5.41) is 0. The molecule has 0 radical (unpaired) electrons. The summed E-state index contributed by atoms with van der Waals surface area (Å²) in [5.41, 5.74) is 18.4. The molecule has 0 saturated carbocycles. The standard InChI is InChI=1S/C10H20N2O2.C2H4N2O2/c1-10(2,9(12)14)7-5-3-4-6-8(11)13;3-1(5)2(4)6/h3-7H2,1-2H3,(H2,11,13)(H2,12,14);(H2,3,5)(H2,4,6). The minimum absolute atomic E-state index is 0.265. The van der Waals surface area contributed by atoms with Crippen LogP contribution >= 0.6 is 0 Å². The number of hydrogen-bond acceptors (Lipinski definition) is 4. The first kappa shape index (κ1) is 20.2. The molecule has 4 amide bonds. The van der Waals surface area contributed by atoms with E-state index in [0.29, 0.717) is 6.42 Å². The quantitative estimate of drug-likeness (QED) is 0.343. The van der Waals surface area contributed by atoms with Crippen LogP contribution < -0.4 is 22.9 Å². The second-order valence-corrected chi connectivity index (χ2v) is 5.00. The van der Waals surface area contributed by atoms with Gasteiger partial charge in [-0.25, -0.2) is 0 Å². The molecule has 20 heavy (non-hydrogen) atoms. The van der Waals surface area contributed by atoms with Crippen molar-refractivity contribution < 1.29 is 19.2 Å². The lowest BCUT2D eigenvalue weighted by molar-refractivity contribution is -0.135.